The molecule has 22 heavy (non-hydrogen) atoms. The van der Waals surface area contributed by atoms with Gasteiger partial charge in [0.05, 0.1) is 16.6 Å². The number of rotatable bonds is 6. The first kappa shape index (κ1) is 15.9. The van der Waals surface area contributed by atoms with E-state index in [2.05, 4.69) is 5.32 Å². The van der Waals surface area contributed by atoms with Gasteiger partial charge in [-0.25, -0.2) is 4.39 Å². The first-order chi connectivity index (χ1) is 10.4. The van der Waals surface area contributed by atoms with Crippen molar-refractivity contribution >= 4 is 11.4 Å². The summed E-state index contributed by atoms with van der Waals surface area (Å²) in [6.45, 7) is 2.00. The van der Waals surface area contributed by atoms with Gasteiger partial charge < -0.3 is 10.4 Å². The zero-order chi connectivity index (χ0) is 16.2. The van der Waals surface area contributed by atoms with E-state index >= 15 is 0 Å². The minimum atomic E-state index is -1.05. The molecule has 1 atom stereocenters. The number of nitro benzene ring substituents is 1. The summed E-state index contributed by atoms with van der Waals surface area (Å²) in [5.41, 5.74) is -0.372. The molecule has 0 radical (unpaired) electrons. The second kappa shape index (κ2) is 6.53. The minimum absolute atomic E-state index is 0.232. The Morgan fingerprint density at radius 3 is 2.59 bits per heavy atom. The number of benzene rings is 2. The lowest BCUT2D eigenvalue weighted by Crippen LogP contribution is -2.24. The van der Waals surface area contributed by atoms with E-state index in [4.69, 9.17) is 0 Å². The van der Waals surface area contributed by atoms with E-state index in [-0.39, 0.29) is 11.4 Å². The molecule has 0 spiro atoms. The van der Waals surface area contributed by atoms with Crippen LogP contribution in [-0.2, 0) is 5.60 Å². The van der Waals surface area contributed by atoms with Crippen LogP contribution in [0.5, 0.6) is 0 Å². The van der Waals surface area contributed by atoms with E-state index < -0.39 is 16.3 Å². The van der Waals surface area contributed by atoms with Gasteiger partial charge in [0.25, 0.3) is 5.69 Å². The molecule has 0 bridgehead atoms. The van der Waals surface area contributed by atoms with E-state index in [0.717, 1.165) is 17.7 Å². The average molecular weight is 304 g/mol. The van der Waals surface area contributed by atoms with Crippen LogP contribution in [0.1, 0.15) is 18.9 Å². The minimum Gasteiger partial charge on any atom is -0.385 e. The third kappa shape index (κ3) is 3.79. The fraction of sp³-hybridized carbons (Fsp3) is 0.250. The molecule has 0 saturated carbocycles. The summed E-state index contributed by atoms with van der Waals surface area (Å²) >= 11 is 0. The van der Waals surface area contributed by atoms with Crippen LogP contribution in [-0.4, -0.2) is 16.6 Å². The van der Waals surface area contributed by atoms with Crippen molar-refractivity contribution in [3.8, 4) is 0 Å². The van der Waals surface area contributed by atoms with Gasteiger partial charge in [-0.05, 0) is 31.0 Å². The Bertz CT molecular complexity index is 660. The van der Waals surface area contributed by atoms with Crippen LogP contribution in [0.25, 0.3) is 0 Å². The number of aliphatic hydroxyl groups is 1. The summed E-state index contributed by atoms with van der Waals surface area (Å²) in [6, 6.07) is 12.5. The Hall–Kier alpha value is -2.47. The highest BCUT2D eigenvalue weighted by atomic mass is 19.1. The summed E-state index contributed by atoms with van der Waals surface area (Å²) in [7, 11) is 0. The number of hydrogen-bond donors (Lipinski definition) is 2. The molecule has 6 heteroatoms. The summed E-state index contributed by atoms with van der Waals surface area (Å²) in [6.07, 6.45) is 0.353. The molecule has 0 fully saturated rings. The zero-order valence-corrected chi connectivity index (χ0v) is 12.1. The highest BCUT2D eigenvalue weighted by molar-refractivity contribution is 5.61. The second-order valence-corrected chi connectivity index (χ2v) is 5.24. The van der Waals surface area contributed by atoms with E-state index in [1.807, 2.05) is 30.3 Å². The van der Waals surface area contributed by atoms with Crippen LogP contribution in [0.4, 0.5) is 15.8 Å². The third-order valence-corrected chi connectivity index (χ3v) is 3.48. The van der Waals surface area contributed by atoms with E-state index in [9.17, 15) is 19.6 Å². The van der Waals surface area contributed by atoms with Gasteiger partial charge in [0.1, 0.15) is 11.5 Å². The van der Waals surface area contributed by atoms with E-state index in [1.165, 1.54) is 6.07 Å². The van der Waals surface area contributed by atoms with Gasteiger partial charge in [0.2, 0.25) is 0 Å². The Kier molecular flexibility index (Phi) is 4.72. The lowest BCUT2D eigenvalue weighted by Gasteiger charge is -2.24. The van der Waals surface area contributed by atoms with Gasteiger partial charge in [-0.15, -0.1) is 0 Å². The molecule has 5 nitrogen and oxygen atoms in total. The van der Waals surface area contributed by atoms with Crippen LogP contribution >= 0.6 is 0 Å². The topological polar surface area (TPSA) is 75.4 Å². The van der Waals surface area contributed by atoms with Crippen molar-refractivity contribution in [1.29, 1.82) is 0 Å². The van der Waals surface area contributed by atoms with Gasteiger partial charge in [-0.1, -0.05) is 30.3 Å². The molecule has 0 aliphatic rings. The van der Waals surface area contributed by atoms with Crippen molar-refractivity contribution in [3.05, 3.63) is 70.0 Å². The number of nitro groups is 1. The Labute approximate surface area is 127 Å². The molecular formula is C16H17FN2O3. The zero-order valence-electron chi connectivity index (χ0n) is 12.1. The van der Waals surface area contributed by atoms with Crippen molar-refractivity contribution in [1.82, 2.24) is 0 Å². The van der Waals surface area contributed by atoms with Crippen molar-refractivity contribution < 1.29 is 14.4 Å². The third-order valence-electron chi connectivity index (χ3n) is 3.48. The average Bonchev–Trinajstić information content (AvgIpc) is 2.49. The molecule has 2 aromatic rings. The quantitative estimate of drug-likeness (QED) is 0.633. The largest absolute Gasteiger partial charge is 0.385 e. The molecule has 0 aromatic heterocycles. The van der Waals surface area contributed by atoms with Crippen LogP contribution < -0.4 is 5.32 Å². The lowest BCUT2D eigenvalue weighted by molar-refractivity contribution is -0.384. The van der Waals surface area contributed by atoms with Gasteiger partial charge in [-0.3, -0.25) is 10.1 Å². The monoisotopic (exact) mass is 304 g/mol. The van der Waals surface area contributed by atoms with Gasteiger partial charge >= 0.3 is 0 Å². The number of nitrogens with zero attached hydrogens (tertiary/aromatic N) is 1. The van der Waals surface area contributed by atoms with Gasteiger partial charge in [0, 0.05) is 6.54 Å². The lowest BCUT2D eigenvalue weighted by atomic mass is 9.92. The van der Waals surface area contributed by atoms with Crippen LogP contribution in [0.3, 0.4) is 0 Å². The summed E-state index contributed by atoms with van der Waals surface area (Å²) in [5, 5.41) is 24.2. The second-order valence-electron chi connectivity index (χ2n) is 5.24. The first-order valence-electron chi connectivity index (χ1n) is 6.86. The normalized spacial score (nSPS) is 13.4. The maximum absolute atomic E-state index is 13.1. The first-order valence-corrected chi connectivity index (χ1v) is 6.86. The molecule has 0 aliphatic carbocycles. The molecule has 0 amide bonds. The predicted molar refractivity (Wildman–Crippen MR) is 82.2 cm³/mol. The summed E-state index contributed by atoms with van der Waals surface area (Å²) in [4.78, 5) is 10.3. The molecule has 1 unspecified atom stereocenters. The SMILES string of the molecule is CC(O)(CCNc1ccc(F)cc1[N+](=O)[O-])c1ccccc1. The van der Waals surface area contributed by atoms with Gasteiger partial charge in [0.15, 0.2) is 0 Å². The van der Waals surface area contributed by atoms with E-state index in [1.54, 1.807) is 6.92 Å². The number of anilines is 1. The van der Waals surface area contributed by atoms with Crippen molar-refractivity contribution in [2.24, 2.45) is 0 Å². The molecule has 0 heterocycles. The predicted octanol–water partition coefficient (Wildman–Crippen LogP) is 3.44. The molecule has 2 N–H and O–H groups in total. The molecule has 2 rings (SSSR count). The van der Waals surface area contributed by atoms with Crippen LogP contribution in [0.2, 0.25) is 0 Å². The summed E-state index contributed by atoms with van der Waals surface area (Å²) in [5.74, 6) is -0.659. The fourth-order valence-corrected chi connectivity index (χ4v) is 2.19. The van der Waals surface area contributed by atoms with Gasteiger partial charge in [-0.2, -0.15) is 0 Å². The number of hydrogen-bond acceptors (Lipinski definition) is 4. The maximum Gasteiger partial charge on any atom is 0.295 e. The van der Waals surface area contributed by atoms with Crippen molar-refractivity contribution in [2.45, 2.75) is 18.9 Å². The van der Waals surface area contributed by atoms with Crippen molar-refractivity contribution in [3.63, 3.8) is 0 Å². The van der Waals surface area contributed by atoms with Crippen LogP contribution in [0.15, 0.2) is 48.5 Å². The maximum atomic E-state index is 13.1. The standard InChI is InChI=1S/C16H17FN2O3/c1-16(20,12-5-3-2-4-6-12)9-10-18-14-8-7-13(17)11-15(14)19(21)22/h2-8,11,18,20H,9-10H2,1H3. The number of nitrogens with one attached hydrogen (secondary N) is 1. The molecular weight excluding hydrogens is 287 g/mol. The fourth-order valence-electron chi connectivity index (χ4n) is 2.19. The highest BCUT2D eigenvalue weighted by Gasteiger charge is 2.23. The highest BCUT2D eigenvalue weighted by Crippen LogP contribution is 2.27. The Morgan fingerprint density at radius 1 is 1.27 bits per heavy atom. The van der Waals surface area contributed by atoms with E-state index in [0.29, 0.717) is 13.0 Å². The molecule has 2 aromatic carbocycles. The molecule has 0 aliphatic heterocycles. The molecule has 116 valence electrons. The Balaban J connectivity index is 2.04. The van der Waals surface area contributed by atoms with Crippen LogP contribution in [0, 0.1) is 15.9 Å². The Morgan fingerprint density at radius 2 is 1.95 bits per heavy atom. The molecule has 0 saturated heterocycles. The van der Waals surface area contributed by atoms with Crippen molar-refractivity contribution in [2.75, 3.05) is 11.9 Å². The number of halogens is 1. The summed E-state index contributed by atoms with van der Waals surface area (Å²) < 4.78 is 13.1. The smallest absolute Gasteiger partial charge is 0.295 e.